The van der Waals surface area contributed by atoms with E-state index in [0.717, 1.165) is 11.1 Å². The fraction of sp³-hybridized carbons (Fsp3) is 0.389. The zero-order valence-corrected chi connectivity index (χ0v) is 14.2. The van der Waals surface area contributed by atoms with Gasteiger partial charge in [-0.1, -0.05) is 30.3 Å². The highest BCUT2D eigenvalue weighted by Gasteiger charge is 2.36. The Balaban J connectivity index is 1.69. The van der Waals surface area contributed by atoms with Gasteiger partial charge in [-0.2, -0.15) is 5.10 Å². The second kappa shape index (κ2) is 7.48. The largest absolute Gasteiger partial charge is 0.368 e. The Morgan fingerprint density at radius 1 is 1.36 bits per heavy atom. The third-order valence-electron chi connectivity index (χ3n) is 4.65. The van der Waals surface area contributed by atoms with Gasteiger partial charge in [-0.3, -0.25) is 14.3 Å². The number of aromatic nitrogens is 2. The normalized spacial score (nSPS) is 21.0. The molecule has 0 aliphatic carbocycles. The summed E-state index contributed by atoms with van der Waals surface area (Å²) in [7, 11) is 1.85. The van der Waals surface area contributed by atoms with Gasteiger partial charge in [-0.05, 0) is 11.1 Å². The summed E-state index contributed by atoms with van der Waals surface area (Å²) < 4.78 is 1.73. The van der Waals surface area contributed by atoms with Gasteiger partial charge < -0.3 is 16.4 Å². The second-order valence-electron chi connectivity index (χ2n) is 6.47. The molecule has 132 valence electrons. The molecule has 0 saturated carbocycles. The highest BCUT2D eigenvalue weighted by Crippen LogP contribution is 2.28. The van der Waals surface area contributed by atoms with Crippen LogP contribution in [0.5, 0.6) is 0 Å². The minimum atomic E-state index is -0.718. The van der Waals surface area contributed by atoms with Crippen LogP contribution in [0.25, 0.3) is 0 Å². The second-order valence-corrected chi connectivity index (χ2v) is 6.47. The molecule has 0 bridgehead atoms. The summed E-state index contributed by atoms with van der Waals surface area (Å²) in [5.74, 6) is -0.888. The van der Waals surface area contributed by atoms with Crippen molar-refractivity contribution in [2.45, 2.75) is 18.4 Å². The zero-order valence-electron chi connectivity index (χ0n) is 14.2. The topological polar surface area (TPSA) is 102 Å². The fourth-order valence-corrected chi connectivity index (χ4v) is 3.29. The van der Waals surface area contributed by atoms with Crippen LogP contribution in [-0.2, 0) is 23.1 Å². The van der Waals surface area contributed by atoms with E-state index < -0.39 is 11.9 Å². The van der Waals surface area contributed by atoms with Crippen LogP contribution >= 0.6 is 0 Å². The maximum atomic E-state index is 12.8. The number of carbonyl (C=O) groups is 2. The molecule has 1 aliphatic rings. The van der Waals surface area contributed by atoms with Crippen molar-refractivity contribution in [3.63, 3.8) is 0 Å². The molecular formula is C18H23N5O2. The lowest BCUT2D eigenvalue weighted by atomic mass is 9.90. The Bertz CT molecular complexity index is 743. The van der Waals surface area contributed by atoms with E-state index in [1.54, 1.807) is 10.9 Å². The maximum absolute atomic E-state index is 12.8. The lowest BCUT2D eigenvalue weighted by Gasteiger charge is -2.21. The van der Waals surface area contributed by atoms with Crippen LogP contribution < -0.4 is 16.4 Å². The van der Waals surface area contributed by atoms with E-state index in [9.17, 15) is 9.59 Å². The SMILES string of the molecule is Cn1cc([C@H]2CNC[C@@H]2C(=O)NC(Cc2ccccc2)C(N)=O)cn1. The lowest BCUT2D eigenvalue weighted by molar-refractivity contribution is -0.129. The molecule has 1 aliphatic heterocycles. The monoisotopic (exact) mass is 341 g/mol. The van der Waals surface area contributed by atoms with Gasteiger partial charge >= 0.3 is 0 Å². The molecule has 4 N–H and O–H groups in total. The Morgan fingerprint density at radius 2 is 2.12 bits per heavy atom. The summed E-state index contributed by atoms with van der Waals surface area (Å²) >= 11 is 0. The molecule has 1 fully saturated rings. The van der Waals surface area contributed by atoms with Crippen molar-refractivity contribution in [3.8, 4) is 0 Å². The van der Waals surface area contributed by atoms with Crippen molar-refractivity contribution < 1.29 is 9.59 Å². The van der Waals surface area contributed by atoms with E-state index >= 15 is 0 Å². The quantitative estimate of drug-likeness (QED) is 0.685. The fourth-order valence-electron chi connectivity index (χ4n) is 3.29. The zero-order chi connectivity index (χ0) is 17.8. The number of benzene rings is 1. The van der Waals surface area contributed by atoms with Crippen LogP contribution in [0.15, 0.2) is 42.7 Å². The number of nitrogens with two attached hydrogens (primary N) is 1. The van der Waals surface area contributed by atoms with E-state index in [2.05, 4.69) is 15.7 Å². The maximum Gasteiger partial charge on any atom is 0.240 e. The minimum Gasteiger partial charge on any atom is -0.368 e. The number of primary amides is 1. The molecule has 1 aromatic carbocycles. The number of nitrogens with zero attached hydrogens (tertiary/aromatic N) is 2. The Morgan fingerprint density at radius 3 is 2.76 bits per heavy atom. The van der Waals surface area contributed by atoms with Crippen molar-refractivity contribution >= 4 is 11.8 Å². The predicted octanol–water partition coefficient (Wildman–Crippen LogP) is -0.0641. The van der Waals surface area contributed by atoms with Gasteiger partial charge in [0, 0.05) is 38.7 Å². The number of hydrogen-bond donors (Lipinski definition) is 3. The van der Waals surface area contributed by atoms with Crippen molar-refractivity contribution in [2.24, 2.45) is 18.7 Å². The van der Waals surface area contributed by atoms with Crippen LogP contribution in [0.1, 0.15) is 17.0 Å². The summed E-state index contributed by atoms with van der Waals surface area (Å²) in [6.45, 7) is 1.28. The summed E-state index contributed by atoms with van der Waals surface area (Å²) in [6.07, 6.45) is 4.10. The first-order valence-electron chi connectivity index (χ1n) is 8.37. The number of aryl methyl sites for hydroxylation is 1. The molecule has 2 amide bonds. The van der Waals surface area contributed by atoms with Crippen molar-refractivity contribution in [3.05, 3.63) is 53.9 Å². The number of amides is 2. The molecule has 3 atom stereocenters. The van der Waals surface area contributed by atoms with Crippen molar-refractivity contribution in [1.82, 2.24) is 20.4 Å². The van der Waals surface area contributed by atoms with Crippen molar-refractivity contribution in [2.75, 3.05) is 13.1 Å². The molecule has 7 heteroatoms. The van der Waals surface area contributed by atoms with Crippen molar-refractivity contribution in [1.29, 1.82) is 0 Å². The molecule has 3 rings (SSSR count). The highest BCUT2D eigenvalue weighted by atomic mass is 16.2. The molecule has 25 heavy (non-hydrogen) atoms. The summed E-state index contributed by atoms with van der Waals surface area (Å²) in [5, 5.41) is 10.3. The van der Waals surface area contributed by atoms with E-state index in [1.807, 2.05) is 43.6 Å². The van der Waals surface area contributed by atoms with Gasteiger partial charge in [0.25, 0.3) is 0 Å². The first-order chi connectivity index (χ1) is 12.0. The van der Waals surface area contributed by atoms with Gasteiger partial charge in [0.2, 0.25) is 11.8 Å². The average molecular weight is 341 g/mol. The van der Waals surface area contributed by atoms with Gasteiger partial charge in [0.15, 0.2) is 0 Å². The van der Waals surface area contributed by atoms with Crippen LogP contribution in [0.4, 0.5) is 0 Å². The number of rotatable bonds is 6. The first-order valence-corrected chi connectivity index (χ1v) is 8.37. The van der Waals surface area contributed by atoms with Gasteiger partial charge in [-0.25, -0.2) is 0 Å². The first kappa shape index (κ1) is 17.2. The van der Waals surface area contributed by atoms with Gasteiger partial charge in [0.1, 0.15) is 6.04 Å². The highest BCUT2D eigenvalue weighted by molar-refractivity contribution is 5.88. The number of carbonyl (C=O) groups excluding carboxylic acids is 2. The summed E-state index contributed by atoms with van der Waals surface area (Å²) in [6, 6.07) is 8.81. The molecule has 0 spiro atoms. The molecule has 0 radical (unpaired) electrons. The van der Waals surface area contributed by atoms with E-state index in [4.69, 9.17) is 5.73 Å². The third kappa shape index (κ3) is 4.06. The third-order valence-corrected chi connectivity index (χ3v) is 4.65. The van der Waals surface area contributed by atoms with E-state index in [-0.39, 0.29) is 17.7 Å². The van der Waals surface area contributed by atoms with Crippen LogP contribution in [0.2, 0.25) is 0 Å². The average Bonchev–Trinajstić information content (AvgIpc) is 3.23. The molecule has 1 aromatic heterocycles. The summed E-state index contributed by atoms with van der Waals surface area (Å²) in [4.78, 5) is 24.5. The molecule has 2 heterocycles. The van der Waals surface area contributed by atoms with E-state index in [1.165, 1.54) is 0 Å². The Kier molecular flexibility index (Phi) is 5.14. The molecule has 1 unspecified atom stereocenters. The van der Waals surface area contributed by atoms with Crippen LogP contribution in [-0.4, -0.2) is 40.7 Å². The number of nitrogens with one attached hydrogen (secondary N) is 2. The number of hydrogen-bond acceptors (Lipinski definition) is 4. The Labute approximate surface area is 146 Å². The smallest absolute Gasteiger partial charge is 0.240 e. The van der Waals surface area contributed by atoms with Crippen LogP contribution in [0, 0.1) is 5.92 Å². The van der Waals surface area contributed by atoms with Crippen LogP contribution in [0.3, 0.4) is 0 Å². The molecule has 2 aromatic rings. The lowest BCUT2D eigenvalue weighted by Crippen LogP contribution is -2.48. The van der Waals surface area contributed by atoms with Gasteiger partial charge in [-0.15, -0.1) is 0 Å². The van der Waals surface area contributed by atoms with E-state index in [0.29, 0.717) is 19.5 Å². The summed E-state index contributed by atoms with van der Waals surface area (Å²) in [5.41, 5.74) is 7.48. The molecule has 1 saturated heterocycles. The van der Waals surface area contributed by atoms with Gasteiger partial charge in [0.05, 0.1) is 12.1 Å². The molecular weight excluding hydrogens is 318 g/mol. The standard InChI is InChI=1S/C18H23N5O2/c1-23-11-13(8-21-23)14-9-20-10-15(14)18(25)22-16(17(19)24)7-12-5-3-2-4-6-12/h2-6,8,11,14-16,20H,7,9-10H2,1H3,(H2,19,24)(H,22,25)/t14-,15+,16?/m1/s1. The molecule has 7 nitrogen and oxygen atoms in total. The predicted molar refractivity (Wildman–Crippen MR) is 93.6 cm³/mol. The minimum absolute atomic E-state index is 0.0407. The Hall–Kier alpha value is -2.67.